The van der Waals surface area contributed by atoms with Crippen molar-refractivity contribution in [2.75, 3.05) is 45.8 Å². The molecule has 7 nitrogen and oxygen atoms in total. The first kappa shape index (κ1) is 27.9. The van der Waals surface area contributed by atoms with Gasteiger partial charge in [0.1, 0.15) is 0 Å². The van der Waals surface area contributed by atoms with Crippen LogP contribution in [0.15, 0.2) is 29.3 Å². The summed E-state index contributed by atoms with van der Waals surface area (Å²) in [4.78, 5) is 23.9. The monoisotopic (exact) mass is 570 g/mol. The molecule has 8 heteroatoms. The second-order valence-electron chi connectivity index (χ2n) is 9.08. The Hall–Kier alpha value is -1.39. The number of halogens is 1. The standard InChI is InChI=1S/C25H42N6O.HI/c1-4-27-25(31-14-12-23(19-31)30(5-2)6-3)28-16-20-9-7-10-21(15-20)17-29-13-8-11-22(18-29)24(26)32;/h7,9-10,15,22-23H,4-6,8,11-14,16-19H2,1-3H3,(H2,26,32)(H,27,28);1H. The van der Waals surface area contributed by atoms with Crippen molar-refractivity contribution in [2.24, 2.45) is 16.6 Å². The molecule has 0 aromatic heterocycles. The summed E-state index contributed by atoms with van der Waals surface area (Å²) in [6.45, 7) is 15.1. The SMILES string of the molecule is CCNC(=NCc1cccc(CN2CCCC(C(N)=O)C2)c1)N1CCC(N(CC)CC)C1.I. The minimum atomic E-state index is -0.168. The lowest BCUT2D eigenvalue weighted by Crippen LogP contribution is -2.43. The number of carbonyl (C=O) groups is 1. The van der Waals surface area contributed by atoms with Gasteiger partial charge in [-0.05, 0) is 56.9 Å². The number of nitrogens with one attached hydrogen (secondary N) is 1. The second kappa shape index (κ2) is 14.1. The maximum Gasteiger partial charge on any atom is 0.221 e. The van der Waals surface area contributed by atoms with Gasteiger partial charge in [-0.15, -0.1) is 24.0 Å². The minimum Gasteiger partial charge on any atom is -0.369 e. The van der Waals surface area contributed by atoms with Crippen molar-refractivity contribution in [1.29, 1.82) is 0 Å². The Balaban J connectivity index is 0.00000385. The number of primary amides is 1. The van der Waals surface area contributed by atoms with Crippen molar-refractivity contribution in [3.8, 4) is 0 Å². The van der Waals surface area contributed by atoms with Crippen LogP contribution in [0.5, 0.6) is 0 Å². The number of nitrogens with two attached hydrogens (primary N) is 1. The van der Waals surface area contributed by atoms with Crippen LogP contribution in [-0.2, 0) is 17.9 Å². The molecular weight excluding hydrogens is 527 g/mol. The number of aliphatic imine (C=N–C) groups is 1. The lowest BCUT2D eigenvalue weighted by molar-refractivity contribution is -0.123. The van der Waals surface area contributed by atoms with Crippen LogP contribution in [0.25, 0.3) is 0 Å². The van der Waals surface area contributed by atoms with Crippen molar-refractivity contribution in [1.82, 2.24) is 20.0 Å². The van der Waals surface area contributed by atoms with Gasteiger partial charge in [0.05, 0.1) is 12.5 Å². The Bertz CT molecular complexity index is 769. The fourth-order valence-corrected chi connectivity index (χ4v) is 5.08. The molecule has 1 amide bonds. The first-order chi connectivity index (χ1) is 15.5. The van der Waals surface area contributed by atoms with E-state index >= 15 is 0 Å². The van der Waals surface area contributed by atoms with Crippen molar-refractivity contribution in [2.45, 2.75) is 59.2 Å². The van der Waals surface area contributed by atoms with E-state index in [2.05, 4.69) is 65.1 Å². The third kappa shape index (κ3) is 8.10. The first-order valence-electron chi connectivity index (χ1n) is 12.4. The van der Waals surface area contributed by atoms with Gasteiger partial charge in [0.15, 0.2) is 5.96 Å². The Labute approximate surface area is 217 Å². The van der Waals surface area contributed by atoms with Gasteiger partial charge < -0.3 is 16.0 Å². The van der Waals surface area contributed by atoms with E-state index in [1.54, 1.807) is 0 Å². The summed E-state index contributed by atoms with van der Waals surface area (Å²) in [6, 6.07) is 9.31. The number of rotatable bonds is 9. The fourth-order valence-electron chi connectivity index (χ4n) is 5.08. The van der Waals surface area contributed by atoms with Crippen molar-refractivity contribution >= 4 is 35.8 Å². The summed E-state index contributed by atoms with van der Waals surface area (Å²) >= 11 is 0. The predicted molar refractivity (Wildman–Crippen MR) is 147 cm³/mol. The van der Waals surface area contributed by atoms with Crippen molar-refractivity contribution < 1.29 is 4.79 Å². The van der Waals surface area contributed by atoms with Crippen LogP contribution < -0.4 is 11.1 Å². The van der Waals surface area contributed by atoms with E-state index < -0.39 is 0 Å². The number of likely N-dealkylation sites (N-methyl/N-ethyl adjacent to an activating group) is 1. The number of piperidine rings is 1. The number of carbonyl (C=O) groups excluding carboxylic acids is 1. The maximum atomic E-state index is 11.6. The van der Waals surface area contributed by atoms with E-state index in [0.717, 1.165) is 71.2 Å². The molecule has 0 saturated carbocycles. The number of likely N-dealkylation sites (tertiary alicyclic amines) is 2. The van der Waals surface area contributed by atoms with E-state index in [4.69, 9.17) is 10.7 Å². The number of hydrogen-bond donors (Lipinski definition) is 2. The predicted octanol–water partition coefficient (Wildman–Crippen LogP) is 2.88. The van der Waals surface area contributed by atoms with Gasteiger partial charge in [0, 0.05) is 38.8 Å². The molecule has 1 aromatic carbocycles. The highest BCUT2D eigenvalue weighted by atomic mass is 127. The molecule has 0 radical (unpaired) electrons. The van der Waals surface area contributed by atoms with E-state index in [-0.39, 0.29) is 35.8 Å². The van der Waals surface area contributed by atoms with Gasteiger partial charge in [-0.2, -0.15) is 0 Å². The molecule has 2 aliphatic rings. The zero-order chi connectivity index (χ0) is 22.9. The van der Waals surface area contributed by atoms with Crippen LogP contribution in [0, 0.1) is 5.92 Å². The Morgan fingerprint density at radius 1 is 1.15 bits per heavy atom. The van der Waals surface area contributed by atoms with Gasteiger partial charge >= 0.3 is 0 Å². The summed E-state index contributed by atoms with van der Waals surface area (Å²) in [5.41, 5.74) is 8.04. The molecule has 2 atom stereocenters. The number of nitrogens with zero attached hydrogens (tertiary/aromatic N) is 4. The molecule has 0 spiro atoms. The highest BCUT2D eigenvalue weighted by molar-refractivity contribution is 14.0. The fraction of sp³-hybridized carbons (Fsp3) is 0.680. The number of hydrogen-bond acceptors (Lipinski definition) is 4. The molecule has 2 aliphatic heterocycles. The molecule has 33 heavy (non-hydrogen) atoms. The van der Waals surface area contributed by atoms with Crippen LogP contribution in [0.4, 0.5) is 0 Å². The van der Waals surface area contributed by atoms with Crippen LogP contribution in [-0.4, -0.2) is 78.4 Å². The normalized spacial score (nSPS) is 21.8. The van der Waals surface area contributed by atoms with Gasteiger partial charge in [0.2, 0.25) is 5.91 Å². The average molecular weight is 571 g/mol. The third-order valence-electron chi connectivity index (χ3n) is 6.84. The molecule has 2 heterocycles. The lowest BCUT2D eigenvalue weighted by atomic mass is 9.97. The molecule has 0 aliphatic carbocycles. The van der Waals surface area contributed by atoms with Crippen molar-refractivity contribution in [3.05, 3.63) is 35.4 Å². The average Bonchev–Trinajstić information content (AvgIpc) is 3.28. The number of guanidine groups is 1. The zero-order valence-corrected chi connectivity index (χ0v) is 23.0. The Kier molecular flexibility index (Phi) is 11.9. The quantitative estimate of drug-likeness (QED) is 0.271. The lowest BCUT2D eigenvalue weighted by Gasteiger charge is -2.31. The van der Waals surface area contributed by atoms with Gasteiger partial charge in [-0.1, -0.05) is 38.1 Å². The molecule has 3 N–H and O–H groups in total. The molecule has 186 valence electrons. The molecule has 2 saturated heterocycles. The van der Waals surface area contributed by atoms with Crippen LogP contribution in [0.3, 0.4) is 0 Å². The van der Waals surface area contributed by atoms with Crippen molar-refractivity contribution in [3.63, 3.8) is 0 Å². The zero-order valence-electron chi connectivity index (χ0n) is 20.6. The summed E-state index contributed by atoms with van der Waals surface area (Å²) in [7, 11) is 0. The topological polar surface area (TPSA) is 77.2 Å². The van der Waals surface area contributed by atoms with Gasteiger partial charge in [-0.3, -0.25) is 14.6 Å². The van der Waals surface area contributed by atoms with E-state index in [9.17, 15) is 4.79 Å². The van der Waals surface area contributed by atoms with Gasteiger partial charge in [0.25, 0.3) is 0 Å². The first-order valence-corrected chi connectivity index (χ1v) is 12.4. The van der Waals surface area contributed by atoms with Gasteiger partial charge in [-0.25, -0.2) is 4.99 Å². The third-order valence-corrected chi connectivity index (χ3v) is 6.84. The molecule has 0 bridgehead atoms. The number of benzene rings is 1. The second-order valence-corrected chi connectivity index (χ2v) is 9.08. The van der Waals surface area contributed by atoms with E-state index in [1.165, 1.54) is 17.5 Å². The molecule has 1 aromatic rings. The van der Waals surface area contributed by atoms with Crippen LogP contribution in [0.2, 0.25) is 0 Å². The van der Waals surface area contributed by atoms with Crippen LogP contribution >= 0.6 is 24.0 Å². The van der Waals surface area contributed by atoms with E-state index in [0.29, 0.717) is 12.6 Å². The summed E-state index contributed by atoms with van der Waals surface area (Å²) in [5, 5.41) is 3.49. The Morgan fingerprint density at radius 3 is 2.61 bits per heavy atom. The highest BCUT2D eigenvalue weighted by Crippen LogP contribution is 2.19. The number of amides is 1. The summed E-state index contributed by atoms with van der Waals surface area (Å²) in [6.07, 6.45) is 3.15. The summed E-state index contributed by atoms with van der Waals surface area (Å²) < 4.78 is 0. The Morgan fingerprint density at radius 2 is 1.91 bits per heavy atom. The van der Waals surface area contributed by atoms with E-state index in [1.807, 2.05) is 0 Å². The van der Waals surface area contributed by atoms with Crippen LogP contribution in [0.1, 0.15) is 51.2 Å². The molecule has 2 unspecified atom stereocenters. The maximum absolute atomic E-state index is 11.6. The minimum absolute atomic E-state index is 0. The molecule has 3 rings (SSSR count). The molecule has 2 fully saturated rings. The smallest absolute Gasteiger partial charge is 0.221 e. The largest absolute Gasteiger partial charge is 0.369 e. The highest BCUT2D eigenvalue weighted by Gasteiger charge is 2.28. The summed E-state index contributed by atoms with van der Waals surface area (Å²) in [5.74, 6) is 0.839. The molecular formula is C25H43IN6O.